The first-order valence-electron chi connectivity index (χ1n) is 7.93. The van der Waals surface area contributed by atoms with E-state index in [-0.39, 0.29) is 17.6 Å². The molecule has 0 fully saturated rings. The number of thioether (sulfide) groups is 1. The quantitative estimate of drug-likeness (QED) is 0.614. The largest absolute Gasteiger partial charge is 0.465 e. The van der Waals surface area contributed by atoms with Gasteiger partial charge < -0.3 is 10.1 Å². The van der Waals surface area contributed by atoms with Crippen molar-refractivity contribution in [2.24, 2.45) is 5.92 Å². The summed E-state index contributed by atoms with van der Waals surface area (Å²) in [7, 11) is 1.37. The average molecular weight is 398 g/mol. The van der Waals surface area contributed by atoms with Gasteiger partial charge in [0.05, 0.1) is 18.4 Å². The van der Waals surface area contributed by atoms with E-state index >= 15 is 0 Å². The lowest BCUT2D eigenvalue weighted by molar-refractivity contribution is -0.113. The summed E-state index contributed by atoms with van der Waals surface area (Å²) in [5, 5.41) is 12.3. The van der Waals surface area contributed by atoms with E-state index in [9.17, 15) is 9.59 Å². The van der Waals surface area contributed by atoms with Gasteiger partial charge in [0.15, 0.2) is 4.34 Å². The Balaban J connectivity index is 1.74. The zero-order chi connectivity index (χ0) is 18.0. The number of rotatable bonds is 5. The first-order valence-corrected chi connectivity index (χ1v) is 10.6. The average Bonchev–Trinajstić information content (AvgIpc) is 3.14. The van der Waals surface area contributed by atoms with E-state index < -0.39 is 0 Å². The molecular weight excluding hydrogens is 378 g/mol. The predicted octanol–water partition coefficient (Wildman–Crippen LogP) is 3.55. The van der Waals surface area contributed by atoms with Crippen molar-refractivity contribution in [2.75, 3.05) is 18.2 Å². The summed E-state index contributed by atoms with van der Waals surface area (Å²) in [6.45, 7) is 4.08. The SMILES string of the molecule is COC(=O)c1c(NC(=O)CSc2nnc(C)s2)sc2c1CC[C@@H](C)C2. The molecule has 0 aliphatic heterocycles. The van der Waals surface area contributed by atoms with Crippen LogP contribution in [0.2, 0.25) is 0 Å². The van der Waals surface area contributed by atoms with E-state index in [0.717, 1.165) is 34.2 Å². The van der Waals surface area contributed by atoms with E-state index in [0.29, 0.717) is 16.5 Å². The van der Waals surface area contributed by atoms with Gasteiger partial charge in [0.1, 0.15) is 10.0 Å². The maximum Gasteiger partial charge on any atom is 0.341 e. The molecule has 2 aromatic heterocycles. The molecular formula is C16H19N3O3S3. The molecule has 2 heterocycles. The van der Waals surface area contributed by atoms with Crippen molar-refractivity contribution in [3.63, 3.8) is 0 Å². The monoisotopic (exact) mass is 397 g/mol. The fourth-order valence-electron chi connectivity index (χ4n) is 2.78. The zero-order valence-corrected chi connectivity index (χ0v) is 16.7. The van der Waals surface area contributed by atoms with Crippen LogP contribution in [-0.4, -0.2) is 34.9 Å². The summed E-state index contributed by atoms with van der Waals surface area (Å²) >= 11 is 4.30. The lowest BCUT2D eigenvalue weighted by Crippen LogP contribution is -2.17. The number of anilines is 1. The van der Waals surface area contributed by atoms with Crippen molar-refractivity contribution in [1.82, 2.24) is 10.2 Å². The van der Waals surface area contributed by atoms with Crippen molar-refractivity contribution in [1.29, 1.82) is 0 Å². The molecule has 1 atom stereocenters. The maximum absolute atomic E-state index is 12.3. The Bertz CT molecular complexity index is 800. The van der Waals surface area contributed by atoms with Gasteiger partial charge in [-0.15, -0.1) is 21.5 Å². The molecule has 0 saturated carbocycles. The summed E-state index contributed by atoms with van der Waals surface area (Å²) in [5.74, 6) is 0.287. The number of esters is 1. The maximum atomic E-state index is 12.3. The number of fused-ring (bicyclic) bond motifs is 1. The number of carbonyl (C=O) groups is 2. The zero-order valence-electron chi connectivity index (χ0n) is 14.2. The number of methoxy groups -OCH3 is 1. The number of aromatic nitrogens is 2. The van der Waals surface area contributed by atoms with Crippen molar-refractivity contribution < 1.29 is 14.3 Å². The standard InChI is InChI=1S/C16H19N3O3S3/c1-8-4-5-10-11(6-8)25-14(13(10)15(21)22-3)17-12(20)7-23-16-19-18-9(2)24-16/h8H,4-7H2,1-3H3,(H,17,20)/t8-/m1/s1. The second-order valence-corrected chi connectivity index (χ2v) is 9.48. The molecule has 1 aliphatic carbocycles. The van der Waals surface area contributed by atoms with Gasteiger partial charge in [-0.25, -0.2) is 4.79 Å². The van der Waals surface area contributed by atoms with Crippen molar-refractivity contribution in [3.05, 3.63) is 21.0 Å². The normalized spacial score (nSPS) is 16.4. The number of ether oxygens (including phenoxy) is 1. The van der Waals surface area contributed by atoms with E-state index in [1.54, 1.807) is 0 Å². The van der Waals surface area contributed by atoms with Crippen LogP contribution in [0.3, 0.4) is 0 Å². The first kappa shape index (κ1) is 18.3. The van der Waals surface area contributed by atoms with Gasteiger partial charge in [-0.05, 0) is 37.7 Å². The molecule has 9 heteroatoms. The molecule has 0 bridgehead atoms. The number of thiophene rings is 1. The molecule has 3 rings (SSSR count). The topological polar surface area (TPSA) is 81.2 Å². The second kappa shape index (κ2) is 7.84. The molecule has 25 heavy (non-hydrogen) atoms. The highest BCUT2D eigenvalue weighted by Gasteiger charge is 2.28. The molecule has 0 aromatic carbocycles. The Hall–Kier alpha value is -1.45. The molecule has 6 nitrogen and oxygen atoms in total. The first-order chi connectivity index (χ1) is 12.0. The van der Waals surface area contributed by atoms with Crippen LogP contribution >= 0.6 is 34.4 Å². The van der Waals surface area contributed by atoms with E-state index in [1.807, 2.05) is 6.92 Å². The Morgan fingerprint density at radius 1 is 1.36 bits per heavy atom. The van der Waals surface area contributed by atoms with Gasteiger partial charge in [-0.3, -0.25) is 4.79 Å². The van der Waals surface area contributed by atoms with Gasteiger partial charge in [0.25, 0.3) is 0 Å². The minimum atomic E-state index is -0.380. The van der Waals surface area contributed by atoms with Crippen molar-refractivity contribution >= 4 is 51.3 Å². The number of carbonyl (C=O) groups excluding carboxylic acids is 2. The summed E-state index contributed by atoms with van der Waals surface area (Å²) in [4.78, 5) is 25.7. The molecule has 0 spiro atoms. The fourth-order valence-corrected chi connectivity index (χ4v) is 5.81. The molecule has 0 saturated heterocycles. The number of hydrogen-bond donors (Lipinski definition) is 1. The summed E-state index contributed by atoms with van der Waals surface area (Å²) in [6, 6.07) is 0. The van der Waals surface area contributed by atoms with Gasteiger partial charge in [0, 0.05) is 4.88 Å². The number of nitrogens with one attached hydrogen (secondary N) is 1. The number of amides is 1. The lowest BCUT2D eigenvalue weighted by Gasteiger charge is -2.18. The summed E-state index contributed by atoms with van der Waals surface area (Å²) < 4.78 is 5.70. The molecule has 0 radical (unpaired) electrons. The molecule has 0 unspecified atom stereocenters. The third-order valence-corrected chi connectivity index (χ3v) is 7.13. The Labute approximate surface area is 158 Å². The fraction of sp³-hybridized carbons (Fsp3) is 0.500. The van der Waals surface area contributed by atoms with Crippen LogP contribution in [0.25, 0.3) is 0 Å². The molecule has 134 valence electrons. The molecule has 1 N–H and O–H groups in total. The Kier molecular flexibility index (Phi) is 5.75. The highest BCUT2D eigenvalue weighted by molar-refractivity contribution is 8.01. The highest BCUT2D eigenvalue weighted by atomic mass is 32.2. The molecule has 1 amide bonds. The second-order valence-electron chi connectivity index (χ2n) is 5.97. The molecule has 1 aliphatic rings. The van der Waals surface area contributed by atoms with Crippen molar-refractivity contribution in [3.8, 4) is 0 Å². The van der Waals surface area contributed by atoms with Crippen LogP contribution in [0.5, 0.6) is 0 Å². The van der Waals surface area contributed by atoms with E-state index in [1.165, 1.54) is 46.4 Å². The van der Waals surface area contributed by atoms with Crippen LogP contribution in [0.1, 0.15) is 39.2 Å². The minimum absolute atomic E-state index is 0.158. The van der Waals surface area contributed by atoms with Crippen LogP contribution in [-0.2, 0) is 22.4 Å². The van der Waals surface area contributed by atoms with Gasteiger partial charge in [-0.1, -0.05) is 30.0 Å². The van der Waals surface area contributed by atoms with Crippen LogP contribution < -0.4 is 5.32 Å². The number of nitrogens with zero attached hydrogens (tertiary/aromatic N) is 2. The van der Waals surface area contributed by atoms with E-state index in [4.69, 9.17) is 4.74 Å². The predicted molar refractivity (Wildman–Crippen MR) is 101 cm³/mol. The van der Waals surface area contributed by atoms with E-state index in [2.05, 4.69) is 22.4 Å². The summed E-state index contributed by atoms with van der Waals surface area (Å²) in [6.07, 6.45) is 2.85. The molecule has 2 aromatic rings. The smallest absolute Gasteiger partial charge is 0.341 e. The van der Waals surface area contributed by atoms with Gasteiger partial charge >= 0.3 is 5.97 Å². The third kappa shape index (κ3) is 4.21. The lowest BCUT2D eigenvalue weighted by atomic mass is 9.88. The van der Waals surface area contributed by atoms with Crippen LogP contribution in [0, 0.1) is 12.8 Å². The van der Waals surface area contributed by atoms with Crippen molar-refractivity contribution in [2.45, 2.75) is 37.4 Å². The van der Waals surface area contributed by atoms with Crippen LogP contribution in [0.15, 0.2) is 4.34 Å². The summed E-state index contributed by atoms with van der Waals surface area (Å²) in [5.41, 5.74) is 1.57. The number of aryl methyl sites for hydroxylation is 1. The Morgan fingerprint density at radius 3 is 2.84 bits per heavy atom. The van der Waals surface area contributed by atoms with Crippen LogP contribution in [0.4, 0.5) is 5.00 Å². The Morgan fingerprint density at radius 2 is 2.16 bits per heavy atom. The van der Waals surface area contributed by atoms with Gasteiger partial charge in [0.2, 0.25) is 5.91 Å². The van der Waals surface area contributed by atoms with Gasteiger partial charge in [-0.2, -0.15) is 0 Å². The third-order valence-electron chi connectivity index (χ3n) is 3.99. The highest BCUT2D eigenvalue weighted by Crippen LogP contribution is 2.40. The minimum Gasteiger partial charge on any atom is -0.465 e. The number of hydrogen-bond acceptors (Lipinski definition) is 8.